The molecule has 0 aliphatic heterocycles. The fourth-order valence-corrected chi connectivity index (χ4v) is 9.17. The van der Waals surface area contributed by atoms with Crippen LogP contribution in [0.3, 0.4) is 0 Å². The molecule has 7 unspecified atom stereocenters. The summed E-state index contributed by atoms with van der Waals surface area (Å²) in [6.07, 6.45) is 18.9. The molecule has 0 heterocycles. The third-order valence-electron chi connectivity index (χ3n) is 10.3. The van der Waals surface area contributed by atoms with Gasteiger partial charge in [0.2, 0.25) is 0 Å². The van der Waals surface area contributed by atoms with Gasteiger partial charge in [0.05, 0.1) is 0 Å². The molecule has 4 rings (SSSR count). The predicted octanol–water partition coefficient (Wildman–Crippen LogP) is 10.1. The second-order valence-corrected chi connectivity index (χ2v) is 11.2. The summed E-state index contributed by atoms with van der Waals surface area (Å²) in [6, 6.07) is 0. The molecule has 0 radical (unpaired) electrons. The zero-order valence-corrected chi connectivity index (χ0v) is 22.3. The first kappa shape index (κ1) is 26.0. The summed E-state index contributed by atoms with van der Waals surface area (Å²) in [5, 5.41) is 0. The van der Waals surface area contributed by atoms with Crippen molar-refractivity contribution in [2.45, 2.75) is 133 Å². The van der Waals surface area contributed by atoms with Crippen LogP contribution in [0.15, 0.2) is 11.6 Å². The molecule has 176 valence electrons. The lowest BCUT2D eigenvalue weighted by Gasteiger charge is -2.61. The van der Waals surface area contributed by atoms with Crippen LogP contribution in [0.4, 0.5) is 0 Å². The Balaban J connectivity index is 0.000000757. The zero-order chi connectivity index (χ0) is 22.5. The van der Waals surface area contributed by atoms with Gasteiger partial charge in [-0.15, -0.1) is 0 Å². The molecule has 0 aromatic rings. The van der Waals surface area contributed by atoms with E-state index in [1.807, 2.05) is 33.3 Å². The van der Waals surface area contributed by atoms with E-state index in [-0.39, 0.29) is 0 Å². The molecule has 0 aromatic carbocycles. The first-order valence-electron chi connectivity index (χ1n) is 14.1. The Hall–Kier alpha value is -0.260. The van der Waals surface area contributed by atoms with E-state index < -0.39 is 0 Å². The molecule has 0 aromatic heterocycles. The maximum Gasteiger partial charge on any atom is -0.0146 e. The number of rotatable bonds is 3. The lowest BCUT2D eigenvalue weighted by atomic mass is 9.43. The third-order valence-corrected chi connectivity index (χ3v) is 10.3. The lowest BCUT2D eigenvalue weighted by Crippen LogP contribution is -2.53. The van der Waals surface area contributed by atoms with Gasteiger partial charge in [0.15, 0.2) is 0 Å². The van der Waals surface area contributed by atoms with Crippen molar-refractivity contribution >= 4 is 0 Å². The van der Waals surface area contributed by atoms with Gasteiger partial charge in [0.25, 0.3) is 0 Å². The van der Waals surface area contributed by atoms with Crippen LogP contribution < -0.4 is 0 Å². The predicted molar refractivity (Wildman–Crippen MR) is 136 cm³/mol. The number of fused-ring (bicyclic) bond motifs is 5. The Bertz CT molecular complexity index is 544. The third kappa shape index (κ3) is 4.32. The molecule has 0 amide bonds. The summed E-state index contributed by atoms with van der Waals surface area (Å²) in [6.45, 7) is 20.7. The van der Waals surface area contributed by atoms with Gasteiger partial charge in [-0.3, -0.25) is 0 Å². The molecule has 0 heteroatoms. The van der Waals surface area contributed by atoms with Gasteiger partial charge >= 0.3 is 0 Å². The van der Waals surface area contributed by atoms with Crippen LogP contribution in [0.1, 0.15) is 133 Å². The van der Waals surface area contributed by atoms with Gasteiger partial charge in [0.1, 0.15) is 0 Å². The largest absolute Gasteiger partial charge is 0.0881 e. The smallest absolute Gasteiger partial charge is 0.0146 e. The molecule has 0 saturated heterocycles. The van der Waals surface area contributed by atoms with Crippen molar-refractivity contribution in [3.8, 4) is 0 Å². The minimum atomic E-state index is 0.622. The van der Waals surface area contributed by atoms with E-state index >= 15 is 0 Å². The molecule has 4 aliphatic rings. The van der Waals surface area contributed by atoms with Crippen LogP contribution in [-0.4, -0.2) is 0 Å². The number of hydrogen-bond acceptors (Lipinski definition) is 0. The summed E-state index contributed by atoms with van der Waals surface area (Å²) in [4.78, 5) is 0. The van der Waals surface area contributed by atoms with Crippen molar-refractivity contribution < 1.29 is 0 Å². The van der Waals surface area contributed by atoms with Crippen molar-refractivity contribution in [2.75, 3.05) is 0 Å². The molecule has 4 fully saturated rings. The molecule has 4 saturated carbocycles. The first-order chi connectivity index (χ1) is 14.5. The highest BCUT2D eigenvalue weighted by atomic mass is 14.6. The summed E-state index contributed by atoms with van der Waals surface area (Å²) < 4.78 is 0. The van der Waals surface area contributed by atoms with E-state index in [0.29, 0.717) is 10.8 Å². The highest BCUT2D eigenvalue weighted by Gasteiger charge is 2.60. The lowest BCUT2D eigenvalue weighted by molar-refractivity contribution is -0.0940. The maximum atomic E-state index is 2.72. The number of allylic oxidation sites excluding steroid dienone is 2. The van der Waals surface area contributed by atoms with E-state index in [1.165, 1.54) is 70.6 Å². The number of hydrogen-bond donors (Lipinski definition) is 0. The van der Waals surface area contributed by atoms with Crippen LogP contribution in [-0.2, 0) is 0 Å². The molecular formula is C30H56. The second-order valence-electron chi connectivity index (χ2n) is 11.2. The van der Waals surface area contributed by atoms with Crippen LogP contribution in [0, 0.1) is 46.3 Å². The Morgan fingerprint density at radius 3 is 2.20 bits per heavy atom. The maximum absolute atomic E-state index is 2.72. The van der Waals surface area contributed by atoms with Gasteiger partial charge in [-0.05, 0) is 98.2 Å². The van der Waals surface area contributed by atoms with E-state index in [4.69, 9.17) is 0 Å². The molecule has 4 aliphatic carbocycles. The average Bonchev–Trinajstić information content (AvgIpc) is 3.13. The normalized spacial score (nSPS) is 44.4. The van der Waals surface area contributed by atoms with Gasteiger partial charge < -0.3 is 0 Å². The van der Waals surface area contributed by atoms with Crippen molar-refractivity contribution in [3.63, 3.8) is 0 Å². The highest BCUT2D eigenvalue weighted by molar-refractivity contribution is 5.21. The standard InChI is InChI=1S/C26H44.2C2H6/c1-6-10-18(3)21-12-13-23-20-17-19(7-2)22-11-8-9-15-25(22,4)24(20)14-16-26(21,23)5;2*1-2/h7,18,20-24H,6,8-17H2,1-5H3;2*1-2H3/b19-7-;;/t18-,20?,21?,22?,23?,24?,25?,26?;;/m1../s1. The van der Waals surface area contributed by atoms with E-state index in [1.54, 1.807) is 0 Å². The Morgan fingerprint density at radius 1 is 0.900 bits per heavy atom. The quantitative estimate of drug-likeness (QED) is 0.401. The fraction of sp³-hybridized carbons (Fsp3) is 0.933. The summed E-state index contributed by atoms with van der Waals surface area (Å²) in [5.41, 5.74) is 3.13. The Labute approximate surface area is 191 Å². The Morgan fingerprint density at radius 2 is 1.57 bits per heavy atom. The van der Waals surface area contributed by atoms with E-state index in [9.17, 15) is 0 Å². The summed E-state index contributed by atoms with van der Waals surface area (Å²) in [7, 11) is 0. The monoisotopic (exact) mass is 416 g/mol. The topological polar surface area (TPSA) is 0 Å². The van der Waals surface area contributed by atoms with Gasteiger partial charge in [0, 0.05) is 0 Å². The molecular weight excluding hydrogens is 360 g/mol. The van der Waals surface area contributed by atoms with Crippen molar-refractivity contribution in [2.24, 2.45) is 46.3 Å². The van der Waals surface area contributed by atoms with E-state index in [2.05, 4.69) is 40.7 Å². The van der Waals surface area contributed by atoms with Crippen LogP contribution >= 0.6 is 0 Å². The molecule has 30 heavy (non-hydrogen) atoms. The SMILES string of the molecule is C/C=C1/CC2C(CCC3(C)C2CCC3[C@H](C)CCC)C2(C)CCCCC12.CC.CC. The van der Waals surface area contributed by atoms with Crippen LogP contribution in [0.5, 0.6) is 0 Å². The highest BCUT2D eigenvalue weighted by Crippen LogP contribution is 2.69. The molecule has 0 bridgehead atoms. The average molecular weight is 417 g/mol. The van der Waals surface area contributed by atoms with Crippen molar-refractivity contribution in [3.05, 3.63) is 11.6 Å². The van der Waals surface area contributed by atoms with Gasteiger partial charge in [-0.25, -0.2) is 0 Å². The fourth-order valence-electron chi connectivity index (χ4n) is 9.17. The summed E-state index contributed by atoms with van der Waals surface area (Å²) in [5.74, 6) is 5.89. The zero-order valence-electron chi connectivity index (χ0n) is 22.3. The van der Waals surface area contributed by atoms with Crippen LogP contribution in [0.25, 0.3) is 0 Å². The van der Waals surface area contributed by atoms with Crippen molar-refractivity contribution in [1.82, 2.24) is 0 Å². The summed E-state index contributed by atoms with van der Waals surface area (Å²) >= 11 is 0. The first-order valence-corrected chi connectivity index (χ1v) is 14.1. The van der Waals surface area contributed by atoms with Gasteiger partial charge in [-0.2, -0.15) is 0 Å². The van der Waals surface area contributed by atoms with Crippen molar-refractivity contribution in [1.29, 1.82) is 0 Å². The second kappa shape index (κ2) is 11.0. The minimum absolute atomic E-state index is 0.622. The molecule has 0 spiro atoms. The minimum Gasteiger partial charge on any atom is -0.0881 e. The van der Waals surface area contributed by atoms with Gasteiger partial charge in [-0.1, -0.05) is 92.7 Å². The van der Waals surface area contributed by atoms with E-state index in [0.717, 1.165) is 35.5 Å². The molecule has 0 nitrogen and oxygen atoms in total. The molecule has 0 N–H and O–H groups in total. The Kier molecular flexibility index (Phi) is 9.57. The molecule has 8 atom stereocenters. The van der Waals surface area contributed by atoms with Crippen LogP contribution in [0.2, 0.25) is 0 Å².